The van der Waals surface area contributed by atoms with Gasteiger partial charge in [-0.3, -0.25) is 20.8 Å². The van der Waals surface area contributed by atoms with Crippen molar-refractivity contribution in [1.82, 2.24) is 5.32 Å². The highest BCUT2D eigenvalue weighted by Crippen LogP contribution is 2.26. The highest BCUT2D eigenvalue weighted by atomic mass is 19.4. The smallest absolute Gasteiger partial charge is 0.351 e. The summed E-state index contributed by atoms with van der Waals surface area (Å²) in [5, 5.41) is 12.6. The summed E-state index contributed by atoms with van der Waals surface area (Å²) >= 11 is 0. The Bertz CT molecular complexity index is 562. The number of nitrogens with two attached hydrogens (primary N) is 1. The van der Waals surface area contributed by atoms with E-state index in [4.69, 9.17) is 5.84 Å². The maximum absolute atomic E-state index is 13.3. The van der Waals surface area contributed by atoms with Gasteiger partial charge in [0.05, 0.1) is 23.1 Å². The predicted molar refractivity (Wildman–Crippen MR) is 63.9 cm³/mol. The molecule has 1 aromatic rings. The monoisotopic (exact) mass is 310 g/mol. The number of alkyl halides is 3. The molecule has 0 spiro atoms. The van der Waals surface area contributed by atoms with Crippen molar-refractivity contribution in [3.8, 4) is 0 Å². The number of halogens is 4. The van der Waals surface area contributed by atoms with Crippen molar-refractivity contribution in [3.63, 3.8) is 0 Å². The number of carbonyl (C=O) groups excluding carboxylic acids is 1. The van der Waals surface area contributed by atoms with Gasteiger partial charge >= 0.3 is 6.18 Å². The molecule has 0 aliphatic heterocycles. The molecular weight excluding hydrogens is 300 g/mol. The minimum absolute atomic E-state index is 0.401. The van der Waals surface area contributed by atoms with E-state index in [9.17, 15) is 32.5 Å². The van der Waals surface area contributed by atoms with E-state index in [0.717, 1.165) is 6.07 Å². The summed E-state index contributed by atoms with van der Waals surface area (Å²) < 4.78 is 49.2. The van der Waals surface area contributed by atoms with Crippen molar-refractivity contribution in [3.05, 3.63) is 33.6 Å². The van der Waals surface area contributed by atoms with E-state index in [-0.39, 0.29) is 0 Å². The predicted octanol–water partition coefficient (Wildman–Crippen LogP) is 1.70. The quantitative estimate of drug-likeness (QED) is 0.332. The number of anilines is 1. The third kappa shape index (κ3) is 4.56. The van der Waals surface area contributed by atoms with E-state index < -0.39 is 52.7 Å². The van der Waals surface area contributed by atoms with Crippen molar-refractivity contribution in [2.24, 2.45) is 5.84 Å². The lowest BCUT2D eigenvalue weighted by Gasteiger charge is -2.09. The van der Waals surface area contributed by atoms with Gasteiger partial charge < -0.3 is 10.7 Å². The van der Waals surface area contributed by atoms with E-state index in [1.807, 2.05) is 10.7 Å². The van der Waals surface area contributed by atoms with Crippen LogP contribution in [0.1, 0.15) is 16.8 Å². The van der Waals surface area contributed by atoms with E-state index in [2.05, 4.69) is 0 Å². The van der Waals surface area contributed by atoms with Crippen LogP contribution in [-0.2, 0) is 0 Å². The first-order chi connectivity index (χ1) is 9.65. The molecule has 116 valence electrons. The topological polar surface area (TPSA) is 110 Å². The maximum atomic E-state index is 13.3. The Hall–Kier alpha value is -2.43. The Morgan fingerprint density at radius 3 is 2.48 bits per heavy atom. The number of nitro benzene ring substituents is 1. The molecule has 0 aliphatic carbocycles. The van der Waals surface area contributed by atoms with Crippen LogP contribution in [0, 0.1) is 15.9 Å². The van der Waals surface area contributed by atoms with Crippen LogP contribution >= 0.6 is 0 Å². The van der Waals surface area contributed by atoms with Crippen LogP contribution in [0.4, 0.5) is 28.9 Å². The Morgan fingerprint density at radius 1 is 1.38 bits per heavy atom. The number of nitro groups is 1. The van der Waals surface area contributed by atoms with Crippen molar-refractivity contribution in [2.75, 3.05) is 12.0 Å². The number of rotatable bonds is 5. The fourth-order valence-electron chi connectivity index (χ4n) is 1.42. The van der Waals surface area contributed by atoms with Crippen LogP contribution in [0.25, 0.3) is 0 Å². The molecule has 0 aromatic heterocycles. The summed E-state index contributed by atoms with van der Waals surface area (Å²) in [5.41, 5.74) is -0.00105. The highest BCUT2D eigenvalue weighted by molar-refractivity contribution is 5.99. The van der Waals surface area contributed by atoms with Crippen molar-refractivity contribution in [2.45, 2.75) is 12.6 Å². The number of hydrazine groups is 1. The Kier molecular flexibility index (Phi) is 5.02. The Labute approximate surface area is 115 Å². The summed E-state index contributed by atoms with van der Waals surface area (Å²) in [5.74, 6) is 2.75. The lowest BCUT2D eigenvalue weighted by atomic mass is 10.1. The van der Waals surface area contributed by atoms with Gasteiger partial charge in [-0.15, -0.1) is 0 Å². The maximum Gasteiger partial charge on any atom is 0.390 e. The second-order valence-electron chi connectivity index (χ2n) is 3.87. The van der Waals surface area contributed by atoms with Gasteiger partial charge in [-0.05, 0) is 6.07 Å². The molecule has 21 heavy (non-hydrogen) atoms. The molecular formula is C10H10F4N4O3. The zero-order valence-corrected chi connectivity index (χ0v) is 10.3. The average Bonchev–Trinajstić information content (AvgIpc) is 2.36. The molecule has 0 saturated carbocycles. The summed E-state index contributed by atoms with van der Waals surface area (Å²) in [4.78, 5) is 21.4. The Morgan fingerprint density at radius 2 is 2.00 bits per heavy atom. The number of carbonyl (C=O) groups is 1. The van der Waals surface area contributed by atoms with Gasteiger partial charge in [-0.25, -0.2) is 4.39 Å². The summed E-state index contributed by atoms with van der Waals surface area (Å²) in [7, 11) is 0. The van der Waals surface area contributed by atoms with Gasteiger partial charge in [-0.2, -0.15) is 13.2 Å². The number of hydrogen-bond donors (Lipinski definition) is 3. The van der Waals surface area contributed by atoms with Crippen LogP contribution in [-0.4, -0.2) is 23.6 Å². The standard InChI is InChI=1S/C10H10F4N4O3/c11-6-4-8(18(20)21)5(3-7(6)17-15)9(19)16-2-1-10(12,13)14/h3-4,17H,1-2,15H2,(H,16,19). The third-order valence-corrected chi connectivity index (χ3v) is 2.38. The van der Waals surface area contributed by atoms with Gasteiger partial charge in [0.1, 0.15) is 5.56 Å². The summed E-state index contributed by atoms with van der Waals surface area (Å²) in [6, 6.07) is 1.20. The number of amides is 1. The Balaban J connectivity index is 2.99. The zero-order valence-electron chi connectivity index (χ0n) is 10.3. The first-order valence-electron chi connectivity index (χ1n) is 5.45. The first kappa shape index (κ1) is 16.6. The fourth-order valence-corrected chi connectivity index (χ4v) is 1.42. The van der Waals surface area contributed by atoms with Gasteiger partial charge in [-0.1, -0.05) is 0 Å². The molecule has 1 aromatic carbocycles. The van der Waals surface area contributed by atoms with Crippen molar-refractivity contribution in [1.29, 1.82) is 0 Å². The number of hydrogen-bond acceptors (Lipinski definition) is 5. The normalized spacial score (nSPS) is 11.1. The molecule has 0 unspecified atom stereocenters. The van der Waals surface area contributed by atoms with E-state index in [1.54, 1.807) is 0 Å². The fraction of sp³-hybridized carbons (Fsp3) is 0.300. The van der Waals surface area contributed by atoms with E-state index in [1.165, 1.54) is 0 Å². The lowest BCUT2D eigenvalue weighted by Crippen LogP contribution is -2.28. The van der Waals surface area contributed by atoms with Crippen LogP contribution in [0.15, 0.2) is 12.1 Å². The molecule has 0 atom stereocenters. The van der Waals surface area contributed by atoms with Gasteiger partial charge in [0.2, 0.25) is 0 Å². The molecule has 0 aliphatic rings. The van der Waals surface area contributed by atoms with Gasteiger partial charge in [0, 0.05) is 6.54 Å². The third-order valence-electron chi connectivity index (χ3n) is 2.38. The van der Waals surface area contributed by atoms with Crippen LogP contribution in [0.5, 0.6) is 0 Å². The lowest BCUT2D eigenvalue weighted by molar-refractivity contribution is -0.385. The van der Waals surface area contributed by atoms with E-state index in [0.29, 0.717) is 6.07 Å². The molecule has 0 saturated heterocycles. The minimum atomic E-state index is -4.48. The number of nitrogens with one attached hydrogen (secondary N) is 2. The van der Waals surface area contributed by atoms with Crippen LogP contribution in [0.3, 0.4) is 0 Å². The van der Waals surface area contributed by atoms with Crippen molar-refractivity contribution >= 4 is 17.3 Å². The number of nitrogens with zero attached hydrogens (tertiary/aromatic N) is 1. The molecule has 0 bridgehead atoms. The molecule has 1 rings (SSSR count). The van der Waals surface area contributed by atoms with Gasteiger partial charge in [0.25, 0.3) is 11.6 Å². The largest absolute Gasteiger partial charge is 0.390 e. The number of benzene rings is 1. The van der Waals surface area contributed by atoms with Crippen molar-refractivity contribution < 1.29 is 27.3 Å². The molecule has 0 radical (unpaired) electrons. The van der Waals surface area contributed by atoms with Crippen LogP contribution < -0.4 is 16.6 Å². The van der Waals surface area contributed by atoms with E-state index >= 15 is 0 Å². The molecule has 0 heterocycles. The number of nitrogen functional groups attached to an aromatic ring is 1. The zero-order chi connectivity index (χ0) is 16.2. The van der Waals surface area contributed by atoms with Crippen LogP contribution in [0.2, 0.25) is 0 Å². The SMILES string of the molecule is NNc1cc(C(=O)NCCC(F)(F)F)c([N+](=O)[O-])cc1F. The highest BCUT2D eigenvalue weighted by Gasteiger charge is 2.28. The second kappa shape index (κ2) is 6.35. The van der Waals surface area contributed by atoms with Gasteiger partial charge in [0.15, 0.2) is 5.82 Å². The molecule has 1 amide bonds. The molecule has 11 heteroatoms. The molecule has 7 nitrogen and oxygen atoms in total. The summed E-state index contributed by atoms with van der Waals surface area (Å²) in [6.07, 6.45) is -5.78. The average molecular weight is 310 g/mol. The molecule has 0 fully saturated rings. The first-order valence-corrected chi connectivity index (χ1v) is 5.45. The minimum Gasteiger partial charge on any atom is -0.351 e. The summed E-state index contributed by atoms with van der Waals surface area (Å²) in [6.45, 7) is -0.762. The second-order valence-corrected chi connectivity index (χ2v) is 3.87. The molecule has 4 N–H and O–H groups in total.